The van der Waals surface area contributed by atoms with Crippen LogP contribution in [-0.2, 0) is 16.1 Å². The van der Waals surface area contributed by atoms with E-state index in [4.69, 9.17) is 9.47 Å². The fourth-order valence-corrected chi connectivity index (χ4v) is 3.38. The summed E-state index contributed by atoms with van der Waals surface area (Å²) in [4.78, 5) is 29.0. The van der Waals surface area contributed by atoms with Crippen LogP contribution in [-0.4, -0.2) is 23.5 Å². The topological polar surface area (TPSA) is 77.5 Å². The lowest BCUT2D eigenvalue weighted by atomic mass is 10.1. The Morgan fingerprint density at radius 1 is 1.03 bits per heavy atom. The molecular weight excluding hydrogens is 388 g/mol. The summed E-state index contributed by atoms with van der Waals surface area (Å²) in [7, 11) is 0. The van der Waals surface area contributed by atoms with E-state index >= 15 is 0 Å². The Morgan fingerprint density at radius 2 is 1.76 bits per heavy atom. The minimum atomic E-state index is -0.619. The maximum atomic E-state index is 12.5. The monoisotopic (exact) mass is 410 g/mol. The Labute approximate surface area is 173 Å². The van der Waals surface area contributed by atoms with Gasteiger partial charge in [0, 0.05) is 11.1 Å². The molecule has 2 aromatic carbocycles. The molecule has 1 amide bonds. The number of carbonyl (C=O) groups excluding carboxylic acids is 2. The van der Waals surface area contributed by atoms with E-state index in [9.17, 15) is 9.59 Å². The number of nitrogens with zero attached hydrogens (tertiary/aromatic N) is 1. The largest absolute Gasteiger partial charge is 0.486 e. The lowest BCUT2D eigenvalue weighted by Gasteiger charge is -2.13. The molecule has 0 bridgehead atoms. The minimum absolute atomic E-state index is 0.252. The zero-order chi connectivity index (χ0) is 20.8. The van der Waals surface area contributed by atoms with Crippen LogP contribution in [0.4, 0.5) is 5.69 Å². The molecule has 1 heterocycles. The summed E-state index contributed by atoms with van der Waals surface area (Å²) < 4.78 is 10.9. The van der Waals surface area contributed by atoms with Crippen molar-refractivity contribution in [2.45, 2.75) is 27.4 Å². The first kappa shape index (κ1) is 20.5. The van der Waals surface area contributed by atoms with Crippen LogP contribution in [0.15, 0.2) is 47.8 Å². The molecule has 0 aliphatic heterocycles. The predicted molar refractivity (Wildman–Crippen MR) is 112 cm³/mol. The van der Waals surface area contributed by atoms with Crippen LogP contribution < -0.4 is 10.1 Å². The molecule has 6 nitrogen and oxygen atoms in total. The second-order valence-electron chi connectivity index (χ2n) is 6.53. The number of thiazole rings is 1. The number of aromatic nitrogens is 1. The van der Waals surface area contributed by atoms with E-state index in [-0.39, 0.29) is 18.8 Å². The summed E-state index contributed by atoms with van der Waals surface area (Å²) in [5.74, 6) is -0.628. The van der Waals surface area contributed by atoms with Crippen LogP contribution in [0.5, 0.6) is 5.75 Å². The standard InChI is InChI=1S/C22H22N2O4S/c1-14-7-6-8-15(2)21(14)24-20(25)12-28-22(26)18-9-4-5-10-19(18)27-11-17-13-29-16(3)23-17/h4-10,13H,11-12H2,1-3H3,(H,24,25). The van der Waals surface area contributed by atoms with Gasteiger partial charge in [-0.2, -0.15) is 0 Å². The fraction of sp³-hybridized carbons (Fsp3) is 0.227. The highest BCUT2D eigenvalue weighted by Gasteiger charge is 2.16. The SMILES string of the molecule is Cc1nc(COc2ccccc2C(=O)OCC(=O)Nc2c(C)cccc2C)cs1. The van der Waals surface area contributed by atoms with Crippen LogP contribution in [0.3, 0.4) is 0 Å². The summed E-state index contributed by atoms with van der Waals surface area (Å²) >= 11 is 1.54. The second kappa shape index (κ2) is 9.34. The fourth-order valence-electron chi connectivity index (χ4n) is 2.78. The van der Waals surface area contributed by atoms with Crippen molar-refractivity contribution in [3.05, 3.63) is 75.2 Å². The van der Waals surface area contributed by atoms with Crippen LogP contribution >= 0.6 is 11.3 Å². The average molecular weight is 410 g/mol. The number of nitrogens with one attached hydrogen (secondary N) is 1. The van der Waals surface area contributed by atoms with Crippen molar-refractivity contribution in [2.75, 3.05) is 11.9 Å². The molecule has 0 unspecified atom stereocenters. The van der Waals surface area contributed by atoms with Gasteiger partial charge < -0.3 is 14.8 Å². The number of anilines is 1. The first-order valence-electron chi connectivity index (χ1n) is 9.10. The Morgan fingerprint density at radius 3 is 2.45 bits per heavy atom. The number of esters is 1. The van der Waals surface area contributed by atoms with Gasteiger partial charge in [0.25, 0.3) is 5.91 Å². The number of amides is 1. The number of hydrogen-bond donors (Lipinski definition) is 1. The number of para-hydroxylation sites is 2. The van der Waals surface area contributed by atoms with E-state index in [1.807, 2.05) is 44.4 Å². The summed E-state index contributed by atoms with van der Waals surface area (Å²) in [5.41, 5.74) is 3.68. The zero-order valence-corrected chi connectivity index (χ0v) is 17.3. The third kappa shape index (κ3) is 5.42. The highest BCUT2D eigenvalue weighted by atomic mass is 32.1. The number of carbonyl (C=O) groups is 2. The van der Waals surface area contributed by atoms with Gasteiger partial charge in [-0.25, -0.2) is 9.78 Å². The maximum Gasteiger partial charge on any atom is 0.342 e. The van der Waals surface area contributed by atoms with Crippen molar-refractivity contribution in [1.82, 2.24) is 4.98 Å². The van der Waals surface area contributed by atoms with Gasteiger partial charge in [0.1, 0.15) is 17.9 Å². The number of aryl methyl sites for hydroxylation is 3. The predicted octanol–water partition coefficient (Wildman–Crippen LogP) is 4.44. The van der Waals surface area contributed by atoms with Crippen LogP contribution in [0.2, 0.25) is 0 Å². The molecule has 0 aliphatic carbocycles. The second-order valence-corrected chi connectivity index (χ2v) is 7.60. The molecule has 1 N–H and O–H groups in total. The van der Waals surface area contributed by atoms with Gasteiger partial charge in [0.05, 0.1) is 10.7 Å². The zero-order valence-electron chi connectivity index (χ0n) is 16.5. The van der Waals surface area contributed by atoms with Crippen LogP contribution in [0.1, 0.15) is 32.2 Å². The first-order chi connectivity index (χ1) is 13.9. The smallest absolute Gasteiger partial charge is 0.342 e. The lowest BCUT2D eigenvalue weighted by molar-refractivity contribution is -0.119. The van der Waals surface area contributed by atoms with Crippen LogP contribution in [0, 0.1) is 20.8 Å². The Kier molecular flexibility index (Phi) is 6.61. The molecule has 0 spiro atoms. The van der Waals surface area contributed by atoms with E-state index in [0.29, 0.717) is 5.75 Å². The van der Waals surface area contributed by atoms with Gasteiger partial charge in [-0.05, 0) is 44.0 Å². The van der Waals surface area contributed by atoms with Crippen molar-refractivity contribution in [2.24, 2.45) is 0 Å². The number of ether oxygens (including phenoxy) is 2. The Bertz CT molecular complexity index is 1010. The molecule has 0 radical (unpaired) electrons. The van der Waals surface area contributed by atoms with Gasteiger partial charge in [0.2, 0.25) is 0 Å². The molecule has 0 saturated heterocycles. The van der Waals surface area contributed by atoms with Crippen molar-refractivity contribution in [3.63, 3.8) is 0 Å². The Hall–Kier alpha value is -3.19. The van der Waals surface area contributed by atoms with E-state index in [1.165, 1.54) is 11.3 Å². The van der Waals surface area contributed by atoms with Crippen molar-refractivity contribution < 1.29 is 19.1 Å². The van der Waals surface area contributed by atoms with E-state index in [0.717, 1.165) is 27.5 Å². The summed E-state index contributed by atoms with van der Waals surface area (Å²) in [6, 6.07) is 12.5. The van der Waals surface area contributed by atoms with Gasteiger partial charge in [-0.15, -0.1) is 11.3 Å². The minimum Gasteiger partial charge on any atom is -0.486 e. The van der Waals surface area contributed by atoms with Gasteiger partial charge in [-0.3, -0.25) is 4.79 Å². The average Bonchev–Trinajstić information content (AvgIpc) is 3.13. The van der Waals surface area contributed by atoms with Gasteiger partial charge >= 0.3 is 5.97 Å². The molecule has 3 aromatic rings. The molecule has 29 heavy (non-hydrogen) atoms. The van der Waals surface area contributed by atoms with Crippen molar-refractivity contribution in [3.8, 4) is 5.75 Å². The summed E-state index contributed by atoms with van der Waals surface area (Å²) in [6.45, 7) is 5.61. The molecule has 0 fully saturated rings. The third-order valence-corrected chi connectivity index (χ3v) is 5.05. The molecule has 0 atom stereocenters. The third-order valence-electron chi connectivity index (χ3n) is 4.23. The van der Waals surface area contributed by atoms with Gasteiger partial charge in [0.15, 0.2) is 6.61 Å². The van der Waals surface area contributed by atoms with Crippen molar-refractivity contribution >= 4 is 28.9 Å². The van der Waals surface area contributed by atoms with Gasteiger partial charge in [-0.1, -0.05) is 30.3 Å². The van der Waals surface area contributed by atoms with E-state index < -0.39 is 11.9 Å². The normalized spacial score (nSPS) is 10.4. The molecule has 0 aliphatic rings. The van der Waals surface area contributed by atoms with E-state index in [1.54, 1.807) is 24.3 Å². The molecule has 7 heteroatoms. The summed E-state index contributed by atoms with van der Waals surface area (Å²) in [6.07, 6.45) is 0. The van der Waals surface area contributed by atoms with E-state index in [2.05, 4.69) is 10.3 Å². The first-order valence-corrected chi connectivity index (χ1v) is 9.98. The highest BCUT2D eigenvalue weighted by molar-refractivity contribution is 7.09. The highest BCUT2D eigenvalue weighted by Crippen LogP contribution is 2.22. The Balaban J connectivity index is 1.60. The molecule has 3 rings (SSSR count). The van der Waals surface area contributed by atoms with Crippen molar-refractivity contribution in [1.29, 1.82) is 0 Å². The van der Waals surface area contributed by atoms with Crippen LogP contribution in [0.25, 0.3) is 0 Å². The quantitative estimate of drug-likeness (QED) is 0.583. The molecule has 1 aromatic heterocycles. The lowest BCUT2D eigenvalue weighted by Crippen LogP contribution is -2.22. The number of benzene rings is 2. The maximum absolute atomic E-state index is 12.5. The molecule has 150 valence electrons. The number of hydrogen-bond acceptors (Lipinski definition) is 6. The molecular formula is C22H22N2O4S. The number of rotatable bonds is 7. The molecule has 0 saturated carbocycles. The summed E-state index contributed by atoms with van der Waals surface area (Å²) in [5, 5.41) is 5.66.